The number of halogens is 1. The first-order chi connectivity index (χ1) is 8.17. The summed E-state index contributed by atoms with van der Waals surface area (Å²) in [5.41, 5.74) is 2.52. The second kappa shape index (κ2) is 5.40. The third-order valence-corrected chi connectivity index (χ3v) is 3.72. The van der Waals surface area contributed by atoms with E-state index < -0.39 is 0 Å². The van der Waals surface area contributed by atoms with Crippen molar-refractivity contribution in [2.45, 2.75) is 45.8 Å². The van der Waals surface area contributed by atoms with Crippen molar-refractivity contribution in [1.29, 1.82) is 0 Å². The third kappa shape index (κ3) is 2.50. The van der Waals surface area contributed by atoms with Gasteiger partial charge in [0.25, 0.3) is 0 Å². The monoisotopic (exact) mass is 297 g/mol. The Labute approximate surface area is 112 Å². The molecular formula is C14H20BrNO. The maximum Gasteiger partial charge on any atom is 0.127 e. The normalized spacial score (nSPS) is 22.4. The van der Waals surface area contributed by atoms with Gasteiger partial charge in [-0.2, -0.15) is 0 Å². The van der Waals surface area contributed by atoms with Gasteiger partial charge in [-0.1, -0.05) is 29.8 Å². The summed E-state index contributed by atoms with van der Waals surface area (Å²) < 4.78 is 7.20. The van der Waals surface area contributed by atoms with Crippen LogP contribution in [-0.4, -0.2) is 12.6 Å². The lowest BCUT2D eigenvalue weighted by molar-refractivity contribution is 0.184. The summed E-state index contributed by atoms with van der Waals surface area (Å²) in [7, 11) is 0. The Morgan fingerprint density at radius 3 is 2.76 bits per heavy atom. The predicted octanol–water partition coefficient (Wildman–Crippen LogP) is 3.97. The quantitative estimate of drug-likeness (QED) is 0.908. The minimum Gasteiger partial charge on any atom is -0.488 e. The molecule has 2 nitrogen and oxygen atoms in total. The average Bonchev–Trinajstić information content (AvgIpc) is 2.64. The fourth-order valence-corrected chi connectivity index (χ4v) is 3.02. The number of benzene rings is 1. The highest BCUT2D eigenvalue weighted by Crippen LogP contribution is 2.41. The van der Waals surface area contributed by atoms with Crippen LogP contribution in [0.5, 0.6) is 5.75 Å². The van der Waals surface area contributed by atoms with Gasteiger partial charge in [0.05, 0.1) is 6.04 Å². The van der Waals surface area contributed by atoms with E-state index in [4.69, 9.17) is 4.74 Å². The molecule has 1 aromatic rings. The average molecular weight is 298 g/mol. The summed E-state index contributed by atoms with van der Waals surface area (Å²) in [6.07, 6.45) is 2.45. The van der Waals surface area contributed by atoms with E-state index in [2.05, 4.69) is 54.2 Å². The zero-order chi connectivity index (χ0) is 12.4. The molecule has 0 aromatic heterocycles. The Kier molecular flexibility index (Phi) is 4.10. The molecule has 0 saturated carbocycles. The van der Waals surface area contributed by atoms with Crippen LogP contribution < -0.4 is 10.1 Å². The fraction of sp³-hybridized carbons (Fsp3) is 0.571. The highest BCUT2D eigenvalue weighted by Gasteiger charge is 2.33. The van der Waals surface area contributed by atoms with E-state index in [1.807, 2.05) is 0 Å². The van der Waals surface area contributed by atoms with E-state index >= 15 is 0 Å². The Morgan fingerprint density at radius 1 is 1.35 bits per heavy atom. The van der Waals surface area contributed by atoms with Crippen molar-refractivity contribution in [3.8, 4) is 5.75 Å². The molecule has 1 aromatic carbocycles. The molecule has 0 radical (unpaired) electrons. The van der Waals surface area contributed by atoms with Gasteiger partial charge >= 0.3 is 0 Å². The van der Waals surface area contributed by atoms with Gasteiger partial charge in [0.2, 0.25) is 0 Å². The zero-order valence-electron chi connectivity index (χ0n) is 10.7. The molecule has 3 heteroatoms. The van der Waals surface area contributed by atoms with Gasteiger partial charge in [0.15, 0.2) is 0 Å². The van der Waals surface area contributed by atoms with Crippen LogP contribution in [0.25, 0.3) is 0 Å². The number of ether oxygens (including phenoxy) is 1. The molecule has 17 heavy (non-hydrogen) atoms. The van der Waals surface area contributed by atoms with Crippen LogP contribution in [0, 0.1) is 6.92 Å². The second-order valence-corrected chi connectivity index (χ2v) is 5.55. The van der Waals surface area contributed by atoms with Gasteiger partial charge in [0, 0.05) is 10.0 Å². The lowest BCUT2D eigenvalue weighted by Gasteiger charge is -2.18. The standard InChI is InChI=1S/C14H20BrNO/c1-4-6-16-13-11-8-10(15)7-9(3)14(11)17-12(13)5-2/h7-8,12-13,16H,4-6H2,1-3H3. The second-order valence-electron chi connectivity index (χ2n) is 4.64. The van der Waals surface area contributed by atoms with Crippen LogP contribution in [0.15, 0.2) is 16.6 Å². The molecule has 1 N–H and O–H groups in total. The van der Waals surface area contributed by atoms with Crippen molar-refractivity contribution >= 4 is 15.9 Å². The number of hydrogen-bond donors (Lipinski definition) is 1. The Balaban J connectivity index is 2.33. The summed E-state index contributed by atoms with van der Waals surface area (Å²) in [6, 6.07) is 4.64. The Hall–Kier alpha value is -0.540. The molecule has 0 fully saturated rings. The van der Waals surface area contributed by atoms with Crippen LogP contribution in [0.3, 0.4) is 0 Å². The third-order valence-electron chi connectivity index (χ3n) is 3.26. The van der Waals surface area contributed by atoms with Crippen molar-refractivity contribution in [3.63, 3.8) is 0 Å². The van der Waals surface area contributed by atoms with Crippen molar-refractivity contribution in [3.05, 3.63) is 27.7 Å². The van der Waals surface area contributed by atoms with Crippen LogP contribution in [0.4, 0.5) is 0 Å². The summed E-state index contributed by atoms with van der Waals surface area (Å²) in [4.78, 5) is 0. The molecule has 0 amide bonds. The lowest BCUT2D eigenvalue weighted by atomic mass is 10.0. The van der Waals surface area contributed by atoms with Crippen LogP contribution in [-0.2, 0) is 0 Å². The topological polar surface area (TPSA) is 21.3 Å². The van der Waals surface area contributed by atoms with E-state index in [1.54, 1.807) is 0 Å². The van der Waals surface area contributed by atoms with Crippen LogP contribution in [0.1, 0.15) is 43.9 Å². The van der Waals surface area contributed by atoms with Gasteiger partial charge in [-0.3, -0.25) is 0 Å². The molecule has 0 saturated heterocycles. The number of nitrogens with one attached hydrogen (secondary N) is 1. The van der Waals surface area contributed by atoms with Crippen LogP contribution in [0.2, 0.25) is 0 Å². The predicted molar refractivity (Wildman–Crippen MR) is 74.6 cm³/mol. The molecule has 94 valence electrons. The maximum atomic E-state index is 6.07. The number of fused-ring (bicyclic) bond motifs is 1. The maximum absolute atomic E-state index is 6.07. The molecule has 1 aliphatic rings. The highest BCUT2D eigenvalue weighted by molar-refractivity contribution is 9.10. The van der Waals surface area contributed by atoms with Crippen LogP contribution >= 0.6 is 15.9 Å². The van der Waals surface area contributed by atoms with E-state index in [0.29, 0.717) is 6.04 Å². The first-order valence-corrected chi connectivity index (χ1v) is 7.16. The molecule has 0 bridgehead atoms. The Morgan fingerprint density at radius 2 is 2.12 bits per heavy atom. The summed E-state index contributed by atoms with van der Waals surface area (Å²) >= 11 is 3.57. The number of rotatable bonds is 4. The Bertz CT molecular complexity index is 405. The molecule has 2 rings (SSSR count). The first kappa shape index (κ1) is 12.9. The molecule has 0 spiro atoms. The molecular weight excluding hydrogens is 278 g/mol. The largest absolute Gasteiger partial charge is 0.488 e. The van der Waals surface area contributed by atoms with E-state index in [0.717, 1.165) is 29.6 Å². The zero-order valence-corrected chi connectivity index (χ0v) is 12.3. The summed E-state index contributed by atoms with van der Waals surface area (Å²) in [5.74, 6) is 1.08. The van der Waals surface area contributed by atoms with Gasteiger partial charge in [-0.15, -0.1) is 0 Å². The smallest absolute Gasteiger partial charge is 0.127 e. The molecule has 1 aliphatic heterocycles. The van der Waals surface area contributed by atoms with Crippen molar-refractivity contribution in [2.24, 2.45) is 0 Å². The lowest BCUT2D eigenvalue weighted by Crippen LogP contribution is -2.31. The van der Waals surface area contributed by atoms with Gasteiger partial charge in [-0.05, 0) is 44.0 Å². The molecule has 1 heterocycles. The number of hydrogen-bond acceptors (Lipinski definition) is 2. The summed E-state index contributed by atoms with van der Waals surface area (Å²) in [5, 5.41) is 3.60. The van der Waals surface area contributed by atoms with Crippen molar-refractivity contribution in [2.75, 3.05) is 6.54 Å². The van der Waals surface area contributed by atoms with Crippen molar-refractivity contribution in [1.82, 2.24) is 5.32 Å². The SMILES string of the molecule is CCCNC1c2cc(Br)cc(C)c2OC1CC. The van der Waals surface area contributed by atoms with Gasteiger partial charge < -0.3 is 10.1 Å². The minimum atomic E-state index is 0.268. The van der Waals surface area contributed by atoms with E-state index in [-0.39, 0.29) is 6.10 Å². The van der Waals surface area contributed by atoms with Gasteiger partial charge in [-0.25, -0.2) is 0 Å². The molecule has 2 unspecified atom stereocenters. The minimum absolute atomic E-state index is 0.268. The van der Waals surface area contributed by atoms with Crippen molar-refractivity contribution < 1.29 is 4.74 Å². The number of aryl methyl sites for hydroxylation is 1. The molecule has 2 atom stereocenters. The van der Waals surface area contributed by atoms with E-state index in [9.17, 15) is 0 Å². The molecule has 0 aliphatic carbocycles. The fourth-order valence-electron chi connectivity index (χ4n) is 2.43. The highest BCUT2D eigenvalue weighted by atomic mass is 79.9. The summed E-state index contributed by atoms with van der Waals surface area (Å²) in [6.45, 7) is 7.52. The van der Waals surface area contributed by atoms with E-state index in [1.165, 1.54) is 11.1 Å². The first-order valence-electron chi connectivity index (χ1n) is 6.37. The van der Waals surface area contributed by atoms with Gasteiger partial charge in [0.1, 0.15) is 11.9 Å².